The predicted molar refractivity (Wildman–Crippen MR) is 92.0 cm³/mol. The van der Waals surface area contributed by atoms with Crippen LogP contribution in [-0.2, 0) is 6.54 Å². The van der Waals surface area contributed by atoms with E-state index in [0.29, 0.717) is 10.0 Å². The number of hydrogen-bond donors (Lipinski definition) is 0. The number of rotatable bonds is 3. The quantitative estimate of drug-likeness (QED) is 0.831. The standard InChI is InChI=1S/C16H16Cl2N2OS/c17-13-4-3-12(10-14(13)18)11-19-5-7-20(8-6-19)16(21)15-2-1-9-22-15/h1-4,9-10H,5-8,11H2. The van der Waals surface area contributed by atoms with Crippen molar-refractivity contribution in [2.24, 2.45) is 0 Å². The van der Waals surface area contributed by atoms with E-state index >= 15 is 0 Å². The Hall–Kier alpha value is -1.07. The second-order valence-corrected chi connectivity index (χ2v) is 7.06. The minimum atomic E-state index is 0.143. The average Bonchev–Trinajstić information content (AvgIpc) is 3.05. The van der Waals surface area contributed by atoms with Gasteiger partial charge in [0.2, 0.25) is 0 Å². The summed E-state index contributed by atoms with van der Waals surface area (Å²) in [6.07, 6.45) is 0. The third-order valence-corrected chi connectivity index (χ3v) is 5.38. The molecular weight excluding hydrogens is 339 g/mol. The van der Waals surface area contributed by atoms with E-state index in [1.165, 1.54) is 11.3 Å². The molecule has 0 N–H and O–H groups in total. The molecule has 3 rings (SSSR count). The van der Waals surface area contributed by atoms with Gasteiger partial charge < -0.3 is 4.90 Å². The van der Waals surface area contributed by atoms with Gasteiger partial charge in [-0.05, 0) is 29.1 Å². The Labute approximate surface area is 144 Å². The van der Waals surface area contributed by atoms with Gasteiger partial charge in [-0.25, -0.2) is 0 Å². The van der Waals surface area contributed by atoms with E-state index in [0.717, 1.165) is 43.2 Å². The van der Waals surface area contributed by atoms with Gasteiger partial charge in [-0.15, -0.1) is 11.3 Å². The smallest absolute Gasteiger partial charge is 0.264 e. The van der Waals surface area contributed by atoms with Crippen molar-refractivity contribution in [1.29, 1.82) is 0 Å². The molecule has 1 fully saturated rings. The van der Waals surface area contributed by atoms with Gasteiger partial charge in [0.05, 0.1) is 14.9 Å². The highest BCUT2D eigenvalue weighted by Crippen LogP contribution is 2.23. The fourth-order valence-corrected chi connectivity index (χ4v) is 3.57. The third-order valence-electron chi connectivity index (χ3n) is 3.78. The number of nitrogens with zero attached hydrogens (tertiary/aromatic N) is 2. The molecule has 6 heteroatoms. The van der Waals surface area contributed by atoms with E-state index in [-0.39, 0.29) is 5.91 Å². The number of halogens is 2. The largest absolute Gasteiger partial charge is 0.335 e. The van der Waals surface area contributed by atoms with Crippen molar-refractivity contribution in [3.05, 3.63) is 56.2 Å². The first-order valence-electron chi connectivity index (χ1n) is 7.12. The maximum Gasteiger partial charge on any atom is 0.264 e. The zero-order chi connectivity index (χ0) is 15.5. The van der Waals surface area contributed by atoms with Gasteiger partial charge in [-0.3, -0.25) is 9.69 Å². The third kappa shape index (κ3) is 3.63. The van der Waals surface area contributed by atoms with Crippen LogP contribution in [0.15, 0.2) is 35.7 Å². The molecule has 22 heavy (non-hydrogen) atoms. The van der Waals surface area contributed by atoms with Gasteiger partial charge in [0.25, 0.3) is 5.91 Å². The summed E-state index contributed by atoms with van der Waals surface area (Å²) in [5.41, 5.74) is 1.15. The molecular formula is C16H16Cl2N2OS. The fraction of sp³-hybridized carbons (Fsp3) is 0.312. The summed E-state index contributed by atoms with van der Waals surface area (Å²) in [5.74, 6) is 0.143. The van der Waals surface area contributed by atoms with Crippen LogP contribution in [0.4, 0.5) is 0 Å². The lowest BCUT2D eigenvalue weighted by molar-refractivity contribution is 0.0633. The molecule has 1 aromatic carbocycles. The number of thiophene rings is 1. The lowest BCUT2D eigenvalue weighted by Crippen LogP contribution is -2.48. The fourth-order valence-electron chi connectivity index (χ4n) is 2.56. The van der Waals surface area contributed by atoms with Crippen molar-refractivity contribution in [1.82, 2.24) is 9.80 Å². The van der Waals surface area contributed by atoms with Crippen molar-refractivity contribution < 1.29 is 4.79 Å². The van der Waals surface area contributed by atoms with Crippen LogP contribution in [0.3, 0.4) is 0 Å². The van der Waals surface area contributed by atoms with Crippen molar-refractivity contribution >= 4 is 40.4 Å². The second kappa shape index (κ2) is 7.01. The summed E-state index contributed by atoms with van der Waals surface area (Å²) in [6, 6.07) is 9.54. The van der Waals surface area contributed by atoms with Crippen LogP contribution in [0.1, 0.15) is 15.2 Å². The maximum absolute atomic E-state index is 12.3. The van der Waals surface area contributed by atoms with Gasteiger partial charge in [0.15, 0.2) is 0 Å². The molecule has 3 nitrogen and oxygen atoms in total. The van der Waals surface area contributed by atoms with Crippen molar-refractivity contribution in [3.63, 3.8) is 0 Å². The van der Waals surface area contributed by atoms with Gasteiger partial charge in [0.1, 0.15) is 0 Å². The van der Waals surface area contributed by atoms with Gasteiger partial charge in [-0.1, -0.05) is 35.3 Å². The van der Waals surface area contributed by atoms with Gasteiger partial charge in [0, 0.05) is 32.7 Å². The summed E-state index contributed by atoms with van der Waals surface area (Å²) in [5, 5.41) is 3.11. The van der Waals surface area contributed by atoms with E-state index in [2.05, 4.69) is 4.90 Å². The number of amides is 1. The SMILES string of the molecule is O=C(c1cccs1)N1CCN(Cc2ccc(Cl)c(Cl)c2)CC1. The minimum absolute atomic E-state index is 0.143. The zero-order valence-corrected chi connectivity index (χ0v) is 14.3. The number of carbonyl (C=O) groups is 1. The highest BCUT2D eigenvalue weighted by Gasteiger charge is 2.22. The topological polar surface area (TPSA) is 23.6 Å². The molecule has 0 spiro atoms. The van der Waals surface area contributed by atoms with Crippen LogP contribution in [-0.4, -0.2) is 41.9 Å². The summed E-state index contributed by atoms with van der Waals surface area (Å²) < 4.78 is 0. The van der Waals surface area contributed by atoms with E-state index in [9.17, 15) is 4.79 Å². The van der Waals surface area contributed by atoms with Gasteiger partial charge >= 0.3 is 0 Å². The molecule has 0 unspecified atom stereocenters. The van der Waals surface area contributed by atoms with Crippen LogP contribution in [0.5, 0.6) is 0 Å². The molecule has 0 radical (unpaired) electrons. The number of hydrogen-bond acceptors (Lipinski definition) is 3. The van der Waals surface area contributed by atoms with Crippen LogP contribution in [0, 0.1) is 0 Å². The van der Waals surface area contributed by atoms with Crippen molar-refractivity contribution in [2.75, 3.05) is 26.2 Å². The first-order chi connectivity index (χ1) is 10.6. The lowest BCUT2D eigenvalue weighted by Gasteiger charge is -2.34. The first-order valence-corrected chi connectivity index (χ1v) is 8.76. The molecule has 1 amide bonds. The Morgan fingerprint density at radius 2 is 1.86 bits per heavy atom. The van der Waals surface area contributed by atoms with E-state index in [1.54, 1.807) is 0 Å². The molecule has 0 atom stereocenters. The molecule has 1 aliphatic heterocycles. The minimum Gasteiger partial charge on any atom is -0.335 e. The molecule has 0 saturated carbocycles. The monoisotopic (exact) mass is 354 g/mol. The predicted octanol–water partition coefficient (Wildman–Crippen LogP) is 4.01. The molecule has 1 aromatic heterocycles. The van der Waals surface area contributed by atoms with Crippen LogP contribution < -0.4 is 0 Å². The Kier molecular flexibility index (Phi) is 5.03. The second-order valence-electron chi connectivity index (χ2n) is 5.29. The van der Waals surface area contributed by atoms with E-state index in [1.807, 2.05) is 40.6 Å². The number of piperazine rings is 1. The molecule has 2 heterocycles. The molecule has 1 aliphatic rings. The Morgan fingerprint density at radius 3 is 2.50 bits per heavy atom. The lowest BCUT2D eigenvalue weighted by atomic mass is 10.2. The van der Waals surface area contributed by atoms with Crippen LogP contribution in [0.25, 0.3) is 0 Å². The summed E-state index contributed by atoms with van der Waals surface area (Å²) in [4.78, 5) is 17.4. The molecule has 0 aliphatic carbocycles. The summed E-state index contributed by atoms with van der Waals surface area (Å²) in [7, 11) is 0. The van der Waals surface area contributed by atoms with Crippen LogP contribution in [0.2, 0.25) is 10.0 Å². The highest BCUT2D eigenvalue weighted by atomic mass is 35.5. The Bertz CT molecular complexity index is 652. The number of benzene rings is 1. The molecule has 0 bridgehead atoms. The average molecular weight is 355 g/mol. The Morgan fingerprint density at radius 1 is 1.09 bits per heavy atom. The summed E-state index contributed by atoms with van der Waals surface area (Å²) >= 11 is 13.5. The van der Waals surface area contributed by atoms with E-state index < -0.39 is 0 Å². The molecule has 2 aromatic rings. The molecule has 1 saturated heterocycles. The van der Waals surface area contributed by atoms with E-state index in [4.69, 9.17) is 23.2 Å². The molecule has 116 valence electrons. The highest BCUT2D eigenvalue weighted by molar-refractivity contribution is 7.12. The normalized spacial score (nSPS) is 16.0. The number of carbonyl (C=O) groups excluding carboxylic acids is 1. The first kappa shape index (κ1) is 15.8. The zero-order valence-electron chi connectivity index (χ0n) is 12.0. The van der Waals surface area contributed by atoms with Crippen molar-refractivity contribution in [3.8, 4) is 0 Å². The maximum atomic E-state index is 12.3. The Balaban J connectivity index is 1.55. The summed E-state index contributed by atoms with van der Waals surface area (Å²) in [6.45, 7) is 4.10. The van der Waals surface area contributed by atoms with Crippen molar-refractivity contribution in [2.45, 2.75) is 6.54 Å². The van der Waals surface area contributed by atoms with Gasteiger partial charge in [-0.2, -0.15) is 0 Å². The van der Waals surface area contributed by atoms with Crippen LogP contribution >= 0.6 is 34.5 Å².